The van der Waals surface area contributed by atoms with E-state index in [0.29, 0.717) is 11.5 Å². The summed E-state index contributed by atoms with van der Waals surface area (Å²) in [6.45, 7) is 1.17. The van der Waals surface area contributed by atoms with E-state index in [1.165, 1.54) is 11.8 Å². The van der Waals surface area contributed by atoms with Crippen LogP contribution in [-0.2, 0) is 16.1 Å². The van der Waals surface area contributed by atoms with Crippen molar-refractivity contribution in [3.8, 4) is 0 Å². The van der Waals surface area contributed by atoms with Crippen LogP contribution in [0.15, 0.2) is 6.07 Å². The van der Waals surface area contributed by atoms with Crippen molar-refractivity contribution in [1.82, 2.24) is 9.78 Å². The molecular formula is C9H13F2N3O2. The number of carbonyl (C=O) groups is 1. The zero-order chi connectivity index (χ0) is 12.1. The van der Waals surface area contributed by atoms with Crippen molar-refractivity contribution in [3.63, 3.8) is 0 Å². The van der Waals surface area contributed by atoms with E-state index in [1.807, 2.05) is 0 Å². The van der Waals surface area contributed by atoms with Crippen molar-refractivity contribution >= 4 is 11.8 Å². The summed E-state index contributed by atoms with van der Waals surface area (Å²) in [7, 11) is 1.27. The van der Waals surface area contributed by atoms with Crippen LogP contribution >= 0.6 is 0 Å². The SMILES string of the molecule is COC(=O)CNc1cc(C)n(CC(F)F)n1. The monoisotopic (exact) mass is 233 g/mol. The molecule has 1 N–H and O–H groups in total. The van der Waals surface area contributed by atoms with Gasteiger partial charge in [-0.25, -0.2) is 8.78 Å². The Morgan fingerprint density at radius 3 is 2.94 bits per heavy atom. The number of aryl methyl sites for hydroxylation is 1. The molecule has 0 bridgehead atoms. The molecule has 0 aliphatic heterocycles. The topological polar surface area (TPSA) is 56.1 Å². The first-order chi connectivity index (χ1) is 7.52. The molecule has 1 heterocycles. The fourth-order valence-corrected chi connectivity index (χ4v) is 1.15. The number of hydrogen-bond donors (Lipinski definition) is 1. The molecule has 0 spiro atoms. The van der Waals surface area contributed by atoms with Crippen molar-refractivity contribution in [2.24, 2.45) is 0 Å². The molecule has 90 valence electrons. The molecule has 0 aliphatic rings. The van der Waals surface area contributed by atoms with E-state index < -0.39 is 18.9 Å². The van der Waals surface area contributed by atoms with Gasteiger partial charge in [-0.3, -0.25) is 9.48 Å². The zero-order valence-electron chi connectivity index (χ0n) is 9.04. The molecule has 0 aromatic carbocycles. The number of nitrogens with one attached hydrogen (secondary N) is 1. The minimum Gasteiger partial charge on any atom is -0.468 e. The minimum absolute atomic E-state index is 0.0400. The lowest BCUT2D eigenvalue weighted by Gasteiger charge is -2.02. The third-order valence-electron chi connectivity index (χ3n) is 1.93. The van der Waals surface area contributed by atoms with Crippen LogP contribution in [0.3, 0.4) is 0 Å². The van der Waals surface area contributed by atoms with Gasteiger partial charge in [-0.2, -0.15) is 5.10 Å². The van der Waals surface area contributed by atoms with Crippen molar-refractivity contribution < 1.29 is 18.3 Å². The van der Waals surface area contributed by atoms with Crippen LogP contribution in [-0.4, -0.2) is 35.8 Å². The maximum atomic E-state index is 12.1. The molecule has 1 rings (SSSR count). The number of aromatic nitrogens is 2. The van der Waals surface area contributed by atoms with E-state index in [2.05, 4.69) is 15.2 Å². The predicted molar refractivity (Wildman–Crippen MR) is 53.5 cm³/mol. The summed E-state index contributed by atoms with van der Waals surface area (Å²) in [6.07, 6.45) is -2.45. The normalized spacial score (nSPS) is 10.6. The number of esters is 1. The van der Waals surface area contributed by atoms with Crippen LogP contribution in [0.5, 0.6) is 0 Å². The molecule has 7 heteroatoms. The van der Waals surface area contributed by atoms with Crippen molar-refractivity contribution in [2.45, 2.75) is 19.9 Å². The molecule has 5 nitrogen and oxygen atoms in total. The van der Waals surface area contributed by atoms with Crippen LogP contribution < -0.4 is 5.32 Å². The highest BCUT2D eigenvalue weighted by atomic mass is 19.3. The van der Waals surface area contributed by atoms with Gasteiger partial charge in [0.25, 0.3) is 6.43 Å². The molecule has 0 saturated carbocycles. The van der Waals surface area contributed by atoms with Crippen LogP contribution in [0, 0.1) is 6.92 Å². The summed E-state index contributed by atoms with van der Waals surface area (Å²) in [5, 5.41) is 6.55. The summed E-state index contributed by atoms with van der Waals surface area (Å²) in [5.74, 6) is -0.0652. The number of rotatable bonds is 5. The molecule has 0 fully saturated rings. The smallest absolute Gasteiger partial charge is 0.325 e. The Morgan fingerprint density at radius 1 is 1.69 bits per heavy atom. The second-order valence-electron chi connectivity index (χ2n) is 3.17. The van der Waals surface area contributed by atoms with Gasteiger partial charge in [-0.05, 0) is 6.92 Å². The van der Waals surface area contributed by atoms with Gasteiger partial charge in [0, 0.05) is 11.8 Å². The summed E-state index contributed by atoms with van der Waals surface area (Å²) in [4.78, 5) is 10.8. The van der Waals surface area contributed by atoms with E-state index in [9.17, 15) is 13.6 Å². The molecule has 1 aromatic heterocycles. The highest BCUT2D eigenvalue weighted by Crippen LogP contribution is 2.10. The fourth-order valence-electron chi connectivity index (χ4n) is 1.15. The standard InChI is InChI=1S/C9H13F2N3O2/c1-6-3-8(12-4-9(15)16-2)13-14(6)5-7(10)11/h3,7H,4-5H2,1-2H3,(H,12,13). The summed E-state index contributed by atoms with van der Waals surface area (Å²) < 4.78 is 29.8. The first-order valence-corrected chi connectivity index (χ1v) is 4.66. The first kappa shape index (κ1) is 12.4. The third-order valence-corrected chi connectivity index (χ3v) is 1.93. The van der Waals surface area contributed by atoms with Crippen molar-refractivity contribution in [3.05, 3.63) is 11.8 Å². The van der Waals surface area contributed by atoms with E-state index >= 15 is 0 Å². The van der Waals surface area contributed by atoms with Crippen molar-refractivity contribution in [1.29, 1.82) is 0 Å². The highest BCUT2D eigenvalue weighted by molar-refractivity contribution is 5.74. The van der Waals surface area contributed by atoms with Gasteiger partial charge >= 0.3 is 5.97 Å². The molecule has 0 atom stereocenters. The van der Waals surface area contributed by atoms with E-state index in [0.717, 1.165) is 0 Å². The quantitative estimate of drug-likeness (QED) is 0.772. The summed E-state index contributed by atoms with van der Waals surface area (Å²) in [5.41, 5.74) is 0.604. The Bertz CT molecular complexity index is 366. The highest BCUT2D eigenvalue weighted by Gasteiger charge is 2.10. The zero-order valence-corrected chi connectivity index (χ0v) is 9.04. The van der Waals surface area contributed by atoms with Gasteiger partial charge in [0.2, 0.25) is 0 Å². The van der Waals surface area contributed by atoms with E-state index in [1.54, 1.807) is 13.0 Å². The maximum Gasteiger partial charge on any atom is 0.325 e. The minimum atomic E-state index is -2.45. The average molecular weight is 233 g/mol. The molecule has 0 amide bonds. The second kappa shape index (κ2) is 5.43. The van der Waals surface area contributed by atoms with Crippen molar-refractivity contribution in [2.75, 3.05) is 19.0 Å². The lowest BCUT2D eigenvalue weighted by atomic mass is 10.4. The number of ether oxygens (including phenoxy) is 1. The van der Waals surface area contributed by atoms with Crippen LogP contribution in [0.1, 0.15) is 5.69 Å². The number of nitrogens with zero attached hydrogens (tertiary/aromatic N) is 2. The number of halogens is 2. The lowest BCUT2D eigenvalue weighted by molar-refractivity contribution is -0.138. The second-order valence-corrected chi connectivity index (χ2v) is 3.17. The Morgan fingerprint density at radius 2 is 2.38 bits per heavy atom. The van der Waals surface area contributed by atoms with Gasteiger partial charge in [0.05, 0.1) is 7.11 Å². The van der Waals surface area contributed by atoms with E-state index in [4.69, 9.17) is 0 Å². The van der Waals surface area contributed by atoms with Gasteiger partial charge in [-0.15, -0.1) is 0 Å². The molecule has 16 heavy (non-hydrogen) atoms. The summed E-state index contributed by atoms with van der Waals surface area (Å²) in [6, 6.07) is 1.59. The van der Waals surface area contributed by atoms with Gasteiger partial charge in [-0.1, -0.05) is 0 Å². The Balaban J connectivity index is 2.58. The molecule has 0 saturated heterocycles. The lowest BCUT2D eigenvalue weighted by Crippen LogP contribution is -2.15. The van der Waals surface area contributed by atoms with Crippen LogP contribution in [0.2, 0.25) is 0 Å². The average Bonchev–Trinajstić information content (AvgIpc) is 2.55. The van der Waals surface area contributed by atoms with Gasteiger partial charge < -0.3 is 10.1 Å². The molecular weight excluding hydrogens is 220 g/mol. The molecule has 1 aromatic rings. The van der Waals surface area contributed by atoms with Crippen LogP contribution in [0.4, 0.5) is 14.6 Å². The number of carbonyl (C=O) groups excluding carboxylic acids is 1. The third kappa shape index (κ3) is 3.48. The Kier molecular flexibility index (Phi) is 4.21. The molecule has 0 radical (unpaired) electrons. The molecule has 0 aliphatic carbocycles. The van der Waals surface area contributed by atoms with Gasteiger partial charge in [0.1, 0.15) is 18.9 Å². The maximum absolute atomic E-state index is 12.1. The van der Waals surface area contributed by atoms with E-state index in [-0.39, 0.29) is 6.54 Å². The number of anilines is 1. The fraction of sp³-hybridized carbons (Fsp3) is 0.556. The molecule has 0 unspecified atom stereocenters. The Labute approximate surface area is 91.4 Å². The predicted octanol–water partition coefficient (Wildman–Crippen LogP) is 1.04. The van der Waals surface area contributed by atoms with Crippen LogP contribution in [0.25, 0.3) is 0 Å². The largest absolute Gasteiger partial charge is 0.468 e. The number of hydrogen-bond acceptors (Lipinski definition) is 4. The number of methoxy groups -OCH3 is 1. The Hall–Kier alpha value is -1.66. The number of alkyl halides is 2. The summed E-state index contributed by atoms with van der Waals surface area (Å²) >= 11 is 0. The van der Waals surface area contributed by atoms with Gasteiger partial charge in [0.15, 0.2) is 0 Å². The first-order valence-electron chi connectivity index (χ1n) is 4.66.